The van der Waals surface area contributed by atoms with Gasteiger partial charge in [0.05, 0.1) is 0 Å². The van der Waals surface area contributed by atoms with E-state index in [4.69, 9.17) is 0 Å². The van der Waals surface area contributed by atoms with Gasteiger partial charge in [-0.25, -0.2) is 0 Å². The molecule has 0 atom stereocenters. The summed E-state index contributed by atoms with van der Waals surface area (Å²) in [5.74, 6) is 0. The lowest BCUT2D eigenvalue weighted by Crippen LogP contribution is -2.61. The standard InChI is InChI=1S/2C42H29BN2/c1-4-13-30(14-5-1)32-23-26-35(27-24-32)45-39-28-25-33(31-15-6-2-7-16-31)29-37(39)43-36-19-10-11-20-38(36)44(34-17-8-3-9-18-34)40-21-12-22-41(45)42(40)43;1-3-12-30(13-4-1)32-22-26-34(27-23-32)44-38-18-9-7-16-36(38)43-37-17-8-10-19-39(37)45(41-21-11-20-40(44)42(41)43)35-28-24-33(25-29-35)31-14-5-2-6-15-31/h2*1-29H. The smallest absolute Gasteiger partial charge is 0.252 e. The number of nitrogens with zero attached hydrogens (tertiary/aromatic N) is 4. The maximum Gasteiger partial charge on any atom is 0.252 e. The SMILES string of the molecule is c1ccc(-c2ccc(N3c4ccc(-c5ccccc5)cc4B4c5ccccc5N(c5ccccc5)c5cccc3c54)cc2)cc1.c1ccc(-c2ccc(N3c4ccccc4B4c5ccccc5N(c5ccc(-c6ccccc6)cc5)c5cccc3c54)cc2)cc1. The molecule has 0 aromatic heterocycles. The highest BCUT2D eigenvalue weighted by Gasteiger charge is 2.45. The van der Waals surface area contributed by atoms with Gasteiger partial charge in [-0.3, -0.25) is 0 Å². The van der Waals surface area contributed by atoms with Crippen LogP contribution in [0.1, 0.15) is 0 Å². The van der Waals surface area contributed by atoms with Crippen molar-refractivity contribution in [2.45, 2.75) is 0 Å². The molecular weight excluding hydrogens is 1090 g/mol. The molecule has 0 saturated heterocycles. The van der Waals surface area contributed by atoms with Crippen LogP contribution in [0.15, 0.2) is 352 Å². The van der Waals surface area contributed by atoms with Crippen molar-refractivity contribution in [1.29, 1.82) is 0 Å². The van der Waals surface area contributed by atoms with E-state index in [0.29, 0.717) is 0 Å². The number of rotatable bonds is 8. The maximum absolute atomic E-state index is 2.46. The Bertz CT molecular complexity index is 4780. The molecule has 4 heterocycles. The van der Waals surface area contributed by atoms with Gasteiger partial charge in [0, 0.05) is 68.2 Å². The van der Waals surface area contributed by atoms with E-state index in [-0.39, 0.29) is 13.4 Å². The van der Waals surface area contributed by atoms with Crippen LogP contribution in [0.5, 0.6) is 0 Å². The van der Waals surface area contributed by atoms with Gasteiger partial charge in [0.15, 0.2) is 0 Å². The summed E-state index contributed by atoms with van der Waals surface area (Å²) in [7, 11) is 0. The molecule has 4 aliphatic rings. The molecule has 6 heteroatoms. The van der Waals surface area contributed by atoms with Crippen LogP contribution in [-0.2, 0) is 0 Å². The van der Waals surface area contributed by atoms with Gasteiger partial charge >= 0.3 is 0 Å². The zero-order valence-corrected chi connectivity index (χ0v) is 49.4. The first kappa shape index (κ1) is 52.7. The molecule has 0 saturated carbocycles. The minimum atomic E-state index is 0.103. The van der Waals surface area contributed by atoms with Gasteiger partial charge in [-0.2, -0.15) is 0 Å². The molecule has 0 bridgehead atoms. The van der Waals surface area contributed by atoms with Crippen LogP contribution in [0, 0.1) is 0 Å². The minimum absolute atomic E-state index is 0.103. The monoisotopic (exact) mass is 1140 g/mol. The first-order chi connectivity index (χ1) is 44.7. The minimum Gasteiger partial charge on any atom is -0.311 e. The number of para-hydroxylation sites is 4. The Hall–Kier alpha value is -11.6. The van der Waals surface area contributed by atoms with E-state index in [1.54, 1.807) is 0 Å². The zero-order valence-electron chi connectivity index (χ0n) is 49.4. The van der Waals surface area contributed by atoms with Crippen LogP contribution in [0.4, 0.5) is 68.2 Å². The molecule has 4 nitrogen and oxygen atoms in total. The van der Waals surface area contributed by atoms with Crippen LogP contribution < -0.4 is 52.4 Å². The van der Waals surface area contributed by atoms with E-state index in [1.165, 1.54) is 128 Å². The zero-order chi connectivity index (χ0) is 59.5. The number of fused-ring (bicyclic) bond motifs is 8. The molecule has 0 N–H and O–H groups in total. The number of hydrogen-bond donors (Lipinski definition) is 0. The fourth-order valence-corrected chi connectivity index (χ4v) is 14.5. The van der Waals surface area contributed by atoms with Gasteiger partial charge in [0.25, 0.3) is 13.4 Å². The molecular formula is C84H58B2N4. The number of anilines is 12. The van der Waals surface area contributed by atoms with Crippen LogP contribution in [0.3, 0.4) is 0 Å². The average molecular weight is 1150 g/mol. The van der Waals surface area contributed by atoms with E-state index in [0.717, 1.165) is 17.1 Å². The third kappa shape index (κ3) is 8.94. The van der Waals surface area contributed by atoms with Crippen molar-refractivity contribution >= 4 is 114 Å². The Morgan fingerprint density at radius 1 is 0.156 bits per heavy atom. The molecule has 0 unspecified atom stereocenters. The van der Waals surface area contributed by atoms with Crippen LogP contribution >= 0.6 is 0 Å². The molecule has 14 aromatic rings. The summed E-state index contributed by atoms with van der Waals surface area (Å²) in [6, 6.07) is 128. The van der Waals surface area contributed by atoms with Crippen molar-refractivity contribution in [3.8, 4) is 44.5 Å². The van der Waals surface area contributed by atoms with E-state index >= 15 is 0 Å². The van der Waals surface area contributed by atoms with Crippen molar-refractivity contribution in [3.63, 3.8) is 0 Å². The second-order valence-electron chi connectivity index (χ2n) is 23.5. The van der Waals surface area contributed by atoms with Gasteiger partial charge in [0.2, 0.25) is 0 Å². The van der Waals surface area contributed by atoms with Gasteiger partial charge in [-0.15, -0.1) is 0 Å². The first-order valence-corrected chi connectivity index (χ1v) is 31.1. The van der Waals surface area contributed by atoms with Gasteiger partial charge in [-0.05, 0) is 174 Å². The fourth-order valence-electron chi connectivity index (χ4n) is 14.5. The molecule has 14 aromatic carbocycles. The molecule has 0 radical (unpaired) electrons. The van der Waals surface area contributed by atoms with Crippen molar-refractivity contribution < 1.29 is 0 Å². The van der Waals surface area contributed by atoms with E-state index in [9.17, 15) is 0 Å². The van der Waals surface area contributed by atoms with E-state index in [1.807, 2.05) is 0 Å². The lowest BCUT2D eigenvalue weighted by Gasteiger charge is -2.44. The summed E-state index contributed by atoms with van der Waals surface area (Å²) in [4.78, 5) is 9.80. The lowest BCUT2D eigenvalue weighted by molar-refractivity contribution is 1.25. The Morgan fingerprint density at radius 3 is 0.733 bits per heavy atom. The second kappa shape index (κ2) is 22.3. The molecule has 420 valence electrons. The highest BCUT2D eigenvalue weighted by atomic mass is 15.2. The summed E-state index contributed by atoms with van der Waals surface area (Å²) < 4.78 is 0. The Balaban J connectivity index is 0.000000139. The Morgan fingerprint density at radius 2 is 0.389 bits per heavy atom. The van der Waals surface area contributed by atoms with Crippen molar-refractivity contribution in [2.24, 2.45) is 0 Å². The molecule has 0 amide bonds. The molecule has 0 spiro atoms. The third-order valence-corrected chi connectivity index (χ3v) is 18.5. The Labute approximate surface area is 527 Å². The second-order valence-corrected chi connectivity index (χ2v) is 23.5. The van der Waals surface area contributed by atoms with E-state index < -0.39 is 0 Å². The number of hydrogen-bond acceptors (Lipinski definition) is 4. The molecule has 18 rings (SSSR count). The highest BCUT2D eigenvalue weighted by molar-refractivity contribution is 7.01. The fraction of sp³-hybridized carbons (Fsp3) is 0. The van der Waals surface area contributed by atoms with Crippen LogP contribution in [0.25, 0.3) is 44.5 Å². The topological polar surface area (TPSA) is 13.0 Å². The van der Waals surface area contributed by atoms with Gasteiger partial charge in [-0.1, -0.05) is 255 Å². The Kier molecular flexibility index (Phi) is 13.1. The molecule has 0 fully saturated rings. The quantitative estimate of drug-likeness (QED) is 0.141. The predicted octanol–water partition coefficient (Wildman–Crippen LogP) is 18.2. The van der Waals surface area contributed by atoms with Crippen LogP contribution in [-0.4, -0.2) is 13.4 Å². The predicted molar refractivity (Wildman–Crippen MR) is 383 cm³/mol. The van der Waals surface area contributed by atoms with Gasteiger partial charge < -0.3 is 19.6 Å². The highest BCUT2D eigenvalue weighted by Crippen LogP contribution is 2.47. The summed E-state index contributed by atoms with van der Waals surface area (Å²) in [5.41, 5.74) is 32.2. The van der Waals surface area contributed by atoms with E-state index in [2.05, 4.69) is 371 Å². The third-order valence-electron chi connectivity index (χ3n) is 18.5. The lowest BCUT2D eigenvalue weighted by atomic mass is 9.33. The largest absolute Gasteiger partial charge is 0.311 e. The molecule has 4 aliphatic heterocycles. The van der Waals surface area contributed by atoms with Crippen molar-refractivity contribution in [2.75, 3.05) is 19.6 Å². The molecule has 90 heavy (non-hydrogen) atoms. The van der Waals surface area contributed by atoms with Crippen molar-refractivity contribution in [3.05, 3.63) is 352 Å². The number of benzene rings is 14. The summed E-state index contributed by atoms with van der Waals surface area (Å²) in [5, 5.41) is 0. The van der Waals surface area contributed by atoms with Crippen LogP contribution in [0.2, 0.25) is 0 Å². The first-order valence-electron chi connectivity index (χ1n) is 31.1. The normalized spacial score (nSPS) is 12.8. The maximum atomic E-state index is 2.46. The molecule has 0 aliphatic carbocycles. The average Bonchev–Trinajstić information content (AvgIpc) is 0.726. The van der Waals surface area contributed by atoms with Crippen molar-refractivity contribution in [1.82, 2.24) is 0 Å². The summed E-state index contributed by atoms with van der Waals surface area (Å²) >= 11 is 0. The summed E-state index contributed by atoms with van der Waals surface area (Å²) in [6.45, 7) is 0.245. The summed E-state index contributed by atoms with van der Waals surface area (Å²) in [6.07, 6.45) is 0. The van der Waals surface area contributed by atoms with Gasteiger partial charge in [0.1, 0.15) is 0 Å².